The summed E-state index contributed by atoms with van der Waals surface area (Å²) in [6.07, 6.45) is 0. The number of benzene rings is 2. The van der Waals surface area contributed by atoms with Crippen LogP contribution in [0.2, 0.25) is 0 Å². The summed E-state index contributed by atoms with van der Waals surface area (Å²) in [5.41, 5.74) is 3.93. The molecule has 1 aliphatic rings. The van der Waals surface area contributed by atoms with Crippen LogP contribution >= 0.6 is 0 Å². The van der Waals surface area contributed by atoms with Crippen molar-refractivity contribution in [2.24, 2.45) is 0 Å². The van der Waals surface area contributed by atoms with Crippen LogP contribution in [0.5, 0.6) is 0 Å². The molecule has 2 amide bonds. The summed E-state index contributed by atoms with van der Waals surface area (Å²) >= 11 is 0. The molecule has 196 valence electrons. The quantitative estimate of drug-likeness (QED) is 0.185. The fourth-order valence-electron chi connectivity index (χ4n) is 3.98. The molecular formula is C28H30N6O4. The number of amides is 2. The first-order chi connectivity index (χ1) is 18.4. The highest BCUT2D eigenvalue weighted by atomic mass is 16.5. The second-order valence-corrected chi connectivity index (χ2v) is 8.56. The molecule has 1 aromatic heterocycles. The van der Waals surface area contributed by atoms with Crippen molar-refractivity contribution in [2.75, 3.05) is 56.4 Å². The lowest BCUT2D eigenvalue weighted by Crippen LogP contribution is -2.37. The Kier molecular flexibility index (Phi) is 8.47. The van der Waals surface area contributed by atoms with Gasteiger partial charge in [-0.1, -0.05) is 30.3 Å². The summed E-state index contributed by atoms with van der Waals surface area (Å²) in [5, 5.41) is 12.3. The van der Waals surface area contributed by atoms with Crippen molar-refractivity contribution in [3.8, 4) is 0 Å². The third kappa shape index (κ3) is 5.88. The van der Waals surface area contributed by atoms with Gasteiger partial charge in [-0.25, -0.2) is 9.78 Å². The predicted octanol–water partition coefficient (Wildman–Crippen LogP) is 2.57. The van der Waals surface area contributed by atoms with Gasteiger partial charge in [-0.2, -0.15) is 0 Å². The van der Waals surface area contributed by atoms with Crippen molar-refractivity contribution in [3.05, 3.63) is 83.6 Å². The van der Waals surface area contributed by atoms with E-state index in [0.29, 0.717) is 29.2 Å². The van der Waals surface area contributed by atoms with Gasteiger partial charge in [-0.3, -0.25) is 9.59 Å². The average molecular weight is 515 g/mol. The van der Waals surface area contributed by atoms with Crippen LogP contribution in [0, 0.1) is 0 Å². The zero-order valence-electron chi connectivity index (χ0n) is 21.5. The van der Waals surface area contributed by atoms with Crippen molar-refractivity contribution in [1.29, 1.82) is 0 Å². The van der Waals surface area contributed by atoms with Crippen LogP contribution in [0.3, 0.4) is 0 Å². The van der Waals surface area contributed by atoms with Crippen LogP contribution in [-0.2, 0) is 14.3 Å². The Morgan fingerprint density at radius 1 is 1.00 bits per heavy atom. The van der Waals surface area contributed by atoms with Crippen LogP contribution in [0.4, 0.5) is 17.2 Å². The van der Waals surface area contributed by atoms with E-state index in [1.54, 1.807) is 18.0 Å². The van der Waals surface area contributed by atoms with Gasteiger partial charge in [0, 0.05) is 37.1 Å². The molecule has 0 fully saturated rings. The van der Waals surface area contributed by atoms with Crippen LogP contribution in [0.1, 0.15) is 21.6 Å². The van der Waals surface area contributed by atoms with Crippen molar-refractivity contribution in [2.45, 2.75) is 0 Å². The zero-order valence-corrected chi connectivity index (χ0v) is 21.5. The van der Waals surface area contributed by atoms with Crippen LogP contribution in [-0.4, -0.2) is 63.6 Å². The SMILES string of the molecule is CNCCNCC(=O)N(C)c1ccc(N/C(=C2\C(=O)Nc3nc(C(=O)OC)ccc32)c2ccccc2)cc1. The van der Waals surface area contributed by atoms with Gasteiger partial charge in [0.1, 0.15) is 5.82 Å². The van der Waals surface area contributed by atoms with Crippen LogP contribution in [0.15, 0.2) is 66.7 Å². The predicted molar refractivity (Wildman–Crippen MR) is 148 cm³/mol. The van der Waals surface area contributed by atoms with Gasteiger partial charge in [-0.15, -0.1) is 0 Å². The summed E-state index contributed by atoms with van der Waals surface area (Å²) in [6, 6.07) is 20.1. The Morgan fingerprint density at radius 2 is 1.74 bits per heavy atom. The second kappa shape index (κ2) is 12.1. The number of esters is 1. The normalized spacial score (nSPS) is 13.4. The van der Waals surface area contributed by atoms with Gasteiger partial charge in [0.15, 0.2) is 5.69 Å². The van der Waals surface area contributed by atoms with Gasteiger partial charge in [0.05, 0.1) is 24.9 Å². The maximum absolute atomic E-state index is 13.1. The van der Waals surface area contributed by atoms with Crippen LogP contribution < -0.4 is 26.2 Å². The number of anilines is 3. The number of carbonyl (C=O) groups excluding carboxylic acids is 3. The molecule has 0 aliphatic carbocycles. The lowest BCUT2D eigenvalue weighted by atomic mass is 10.0. The highest BCUT2D eigenvalue weighted by Crippen LogP contribution is 2.37. The third-order valence-electron chi connectivity index (χ3n) is 6.06. The number of fused-ring (bicyclic) bond motifs is 1. The van der Waals surface area contributed by atoms with E-state index in [0.717, 1.165) is 23.5 Å². The van der Waals surface area contributed by atoms with E-state index in [4.69, 9.17) is 4.74 Å². The molecule has 0 unspecified atom stereocenters. The molecule has 1 aliphatic heterocycles. The Bertz CT molecular complexity index is 1360. The van der Waals surface area contributed by atoms with E-state index in [1.807, 2.05) is 61.6 Å². The lowest BCUT2D eigenvalue weighted by molar-refractivity contribution is -0.117. The molecule has 10 nitrogen and oxygen atoms in total. The topological polar surface area (TPSA) is 125 Å². The molecule has 2 heterocycles. The van der Waals surface area contributed by atoms with Crippen LogP contribution in [0.25, 0.3) is 11.3 Å². The molecule has 0 bridgehead atoms. The summed E-state index contributed by atoms with van der Waals surface area (Å²) in [7, 11) is 4.87. The minimum absolute atomic E-state index is 0.0491. The molecule has 0 saturated carbocycles. The molecule has 0 spiro atoms. The number of carbonyl (C=O) groups is 3. The minimum atomic E-state index is -0.585. The summed E-state index contributed by atoms with van der Waals surface area (Å²) < 4.78 is 4.75. The fraction of sp³-hybridized carbons (Fsp3) is 0.214. The molecule has 38 heavy (non-hydrogen) atoms. The van der Waals surface area contributed by atoms with Crippen molar-refractivity contribution < 1.29 is 19.1 Å². The number of pyridine rings is 1. The molecule has 4 N–H and O–H groups in total. The Balaban J connectivity index is 1.62. The number of nitrogens with zero attached hydrogens (tertiary/aromatic N) is 2. The lowest BCUT2D eigenvalue weighted by Gasteiger charge is -2.19. The molecule has 0 atom stereocenters. The van der Waals surface area contributed by atoms with Gasteiger partial charge in [0.25, 0.3) is 5.91 Å². The molecule has 0 radical (unpaired) electrons. The first kappa shape index (κ1) is 26.5. The van der Waals surface area contributed by atoms with Crippen molar-refractivity contribution in [3.63, 3.8) is 0 Å². The number of rotatable bonds is 10. The van der Waals surface area contributed by atoms with Gasteiger partial charge in [0.2, 0.25) is 5.91 Å². The molecule has 10 heteroatoms. The van der Waals surface area contributed by atoms with E-state index >= 15 is 0 Å². The summed E-state index contributed by atoms with van der Waals surface area (Å²) in [5.74, 6) is -0.680. The van der Waals surface area contributed by atoms with Crippen molar-refractivity contribution in [1.82, 2.24) is 15.6 Å². The molecular weight excluding hydrogens is 484 g/mol. The Hall–Kier alpha value is -4.54. The number of hydrogen-bond acceptors (Lipinski definition) is 8. The average Bonchev–Trinajstić information content (AvgIpc) is 3.28. The number of ether oxygens (including phenoxy) is 1. The zero-order chi connectivity index (χ0) is 27.1. The molecule has 2 aromatic carbocycles. The van der Waals surface area contributed by atoms with E-state index in [9.17, 15) is 14.4 Å². The first-order valence-electron chi connectivity index (χ1n) is 12.1. The van der Waals surface area contributed by atoms with Gasteiger partial charge < -0.3 is 30.9 Å². The summed E-state index contributed by atoms with van der Waals surface area (Å²) in [6.45, 7) is 1.72. The van der Waals surface area contributed by atoms with E-state index in [-0.39, 0.29) is 24.1 Å². The molecule has 3 aromatic rings. The van der Waals surface area contributed by atoms with Gasteiger partial charge >= 0.3 is 5.97 Å². The number of hydrogen-bond donors (Lipinski definition) is 4. The monoisotopic (exact) mass is 514 g/mol. The first-order valence-corrected chi connectivity index (χ1v) is 12.1. The number of nitrogens with one attached hydrogen (secondary N) is 4. The maximum Gasteiger partial charge on any atom is 0.356 e. The highest BCUT2D eigenvalue weighted by molar-refractivity contribution is 6.37. The highest BCUT2D eigenvalue weighted by Gasteiger charge is 2.30. The molecule has 4 rings (SSSR count). The number of aromatic nitrogens is 1. The summed E-state index contributed by atoms with van der Waals surface area (Å²) in [4.78, 5) is 43.4. The standard InChI is InChI=1S/C28H30N6O4/c1-29-15-16-30-17-23(35)34(2)20-11-9-19(10-12-20)31-25(18-7-5-4-6-8-18)24-21-13-14-22(28(37)38-3)32-26(21)33-27(24)36/h4-14,29-31H,15-17H2,1-3H3,(H,32,33,36)/b25-24-. The number of likely N-dealkylation sites (N-methyl/N-ethyl adjacent to an activating group) is 2. The van der Waals surface area contributed by atoms with Crippen molar-refractivity contribution >= 4 is 46.2 Å². The Labute approximate surface area is 221 Å². The fourth-order valence-corrected chi connectivity index (χ4v) is 3.98. The minimum Gasteiger partial charge on any atom is -0.464 e. The largest absolute Gasteiger partial charge is 0.464 e. The smallest absolute Gasteiger partial charge is 0.356 e. The van der Waals surface area contributed by atoms with E-state index in [2.05, 4.69) is 26.3 Å². The van der Waals surface area contributed by atoms with Gasteiger partial charge in [-0.05, 0) is 49.0 Å². The Morgan fingerprint density at radius 3 is 2.42 bits per heavy atom. The third-order valence-corrected chi connectivity index (χ3v) is 6.06. The van der Waals surface area contributed by atoms with E-state index < -0.39 is 5.97 Å². The second-order valence-electron chi connectivity index (χ2n) is 8.56. The molecule has 0 saturated heterocycles. The maximum atomic E-state index is 13.1. The van der Waals surface area contributed by atoms with E-state index in [1.165, 1.54) is 13.2 Å². The number of methoxy groups -OCH3 is 1.